The van der Waals surface area contributed by atoms with Gasteiger partial charge in [-0.15, -0.1) is 0 Å². The Balaban J connectivity index is 1.64. The fourth-order valence-electron chi connectivity index (χ4n) is 2.47. The number of nitrogens with zero attached hydrogens (tertiary/aromatic N) is 2. The summed E-state index contributed by atoms with van der Waals surface area (Å²) >= 11 is 0. The molecular weight excluding hydrogens is 270 g/mol. The van der Waals surface area contributed by atoms with Gasteiger partial charge in [0, 0.05) is 24.4 Å². The lowest BCUT2D eigenvalue weighted by molar-refractivity contribution is 0.0912. The second-order valence-electron chi connectivity index (χ2n) is 5.04. The molecule has 6 nitrogen and oxygen atoms in total. The van der Waals surface area contributed by atoms with E-state index in [4.69, 9.17) is 9.26 Å². The van der Waals surface area contributed by atoms with Gasteiger partial charge >= 0.3 is 0 Å². The summed E-state index contributed by atoms with van der Waals surface area (Å²) in [6, 6.07) is 3.62. The molecule has 0 aromatic carbocycles. The molecule has 0 atom stereocenters. The van der Waals surface area contributed by atoms with Crippen molar-refractivity contribution < 1.29 is 14.1 Å². The van der Waals surface area contributed by atoms with Crippen LogP contribution in [-0.4, -0.2) is 23.2 Å². The molecule has 1 amide bonds. The van der Waals surface area contributed by atoms with Crippen LogP contribution in [0.2, 0.25) is 0 Å². The lowest BCUT2D eigenvalue weighted by atomic mass is 9.96. The van der Waals surface area contributed by atoms with Gasteiger partial charge in [0.15, 0.2) is 0 Å². The maximum absolute atomic E-state index is 12.2. The van der Waals surface area contributed by atoms with Gasteiger partial charge in [0.05, 0.1) is 12.8 Å². The fraction of sp³-hybridized carbons (Fsp3) is 0.400. The average molecular weight is 287 g/mol. The Morgan fingerprint density at radius 1 is 1.38 bits per heavy atom. The van der Waals surface area contributed by atoms with Gasteiger partial charge in [-0.2, -0.15) is 0 Å². The summed E-state index contributed by atoms with van der Waals surface area (Å²) in [5, 5.41) is 6.83. The van der Waals surface area contributed by atoms with E-state index in [9.17, 15) is 4.79 Å². The third kappa shape index (κ3) is 2.89. The number of hydrogen-bond acceptors (Lipinski definition) is 5. The van der Waals surface area contributed by atoms with Crippen molar-refractivity contribution in [1.82, 2.24) is 15.5 Å². The second-order valence-corrected chi connectivity index (χ2v) is 5.04. The Hall–Kier alpha value is -2.37. The molecule has 0 saturated heterocycles. The highest BCUT2D eigenvalue weighted by Crippen LogP contribution is 2.23. The van der Waals surface area contributed by atoms with Crippen molar-refractivity contribution in [1.29, 1.82) is 0 Å². The number of pyridine rings is 1. The number of rotatable bonds is 4. The van der Waals surface area contributed by atoms with Crippen molar-refractivity contribution >= 4 is 5.91 Å². The zero-order valence-electron chi connectivity index (χ0n) is 11.9. The highest BCUT2D eigenvalue weighted by atomic mass is 16.5. The van der Waals surface area contributed by atoms with Gasteiger partial charge < -0.3 is 14.6 Å². The third-order valence-corrected chi connectivity index (χ3v) is 3.63. The van der Waals surface area contributed by atoms with E-state index in [0.29, 0.717) is 18.2 Å². The molecule has 0 aliphatic heterocycles. The molecule has 21 heavy (non-hydrogen) atoms. The van der Waals surface area contributed by atoms with Crippen LogP contribution in [0.5, 0.6) is 5.88 Å². The molecule has 110 valence electrons. The van der Waals surface area contributed by atoms with Crippen LogP contribution in [0.25, 0.3) is 0 Å². The molecule has 1 N–H and O–H groups in total. The highest BCUT2D eigenvalue weighted by molar-refractivity contribution is 5.93. The normalized spacial score (nSPS) is 13.6. The number of methoxy groups -OCH3 is 1. The van der Waals surface area contributed by atoms with E-state index in [-0.39, 0.29) is 5.91 Å². The van der Waals surface area contributed by atoms with Gasteiger partial charge in [0.25, 0.3) is 5.91 Å². The Bertz CT molecular complexity index is 634. The summed E-state index contributed by atoms with van der Waals surface area (Å²) < 4.78 is 10.2. The first kappa shape index (κ1) is 13.6. The lowest BCUT2D eigenvalue weighted by Crippen LogP contribution is -2.23. The molecule has 0 unspecified atom stereocenters. The molecule has 0 bridgehead atoms. The van der Waals surface area contributed by atoms with Crippen LogP contribution in [-0.2, 0) is 19.4 Å². The molecule has 1 aliphatic carbocycles. The number of hydrogen-bond donors (Lipinski definition) is 1. The molecule has 2 heterocycles. The summed E-state index contributed by atoms with van der Waals surface area (Å²) in [4.78, 5) is 16.3. The first-order chi connectivity index (χ1) is 10.3. The minimum absolute atomic E-state index is 0.221. The van der Waals surface area contributed by atoms with E-state index in [1.54, 1.807) is 19.4 Å². The van der Waals surface area contributed by atoms with Crippen molar-refractivity contribution in [3.63, 3.8) is 0 Å². The number of ether oxygens (including phenoxy) is 1. The number of aromatic nitrogens is 2. The van der Waals surface area contributed by atoms with Gasteiger partial charge in [-0.05, 0) is 31.2 Å². The van der Waals surface area contributed by atoms with Gasteiger partial charge in [-0.25, -0.2) is 4.98 Å². The Kier molecular flexibility index (Phi) is 3.85. The third-order valence-electron chi connectivity index (χ3n) is 3.63. The summed E-state index contributed by atoms with van der Waals surface area (Å²) in [5.41, 5.74) is 2.79. The van der Waals surface area contributed by atoms with Crippen molar-refractivity contribution in [2.75, 3.05) is 7.11 Å². The number of carbonyl (C=O) groups excluding carboxylic acids is 1. The summed E-state index contributed by atoms with van der Waals surface area (Å²) in [6.45, 7) is 0.394. The van der Waals surface area contributed by atoms with E-state index in [2.05, 4.69) is 15.5 Å². The molecule has 2 aromatic rings. The molecule has 6 heteroatoms. The minimum atomic E-state index is -0.221. The monoisotopic (exact) mass is 287 g/mol. The minimum Gasteiger partial charge on any atom is -0.481 e. The van der Waals surface area contributed by atoms with E-state index < -0.39 is 0 Å². The van der Waals surface area contributed by atoms with Crippen LogP contribution in [0.4, 0.5) is 0 Å². The zero-order valence-corrected chi connectivity index (χ0v) is 11.9. The Morgan fingerprint density at radius 3 is 3.00 bits per heavy atom. The zero-order chi connectivity index (χ0) is 14.7. The number of aryl methyl sites for hydroxylation is 1. The van der Waals surface area contributed by atoms with E-state index in [0.717, 1.165) is 42.5 Å². The molecule has 2 aromatic heterocycles. The number of nitrogens with one attached hydrogen (secondary N) is 1. The fourth-order valence-corrected chi connectivity index (χ4v) is 2.47. The van der Waals surface area contributed by atoms with E-state index >= 15 is 0 Å². The van der Waals surface area contributed by atoms with E-state index in [1.165, 1.54) is 0 Å². The van der Waals surface area contributed by atoms with Crippen molar-refractivity contribution in [3.05, 3.63) is 40.9 Å². The first-order valence-electron chi connectivity index (χ1n) is 7.02. The molecule has 0 fully saturated rings. The van der Waals surface area contributed by atoms with Gasteiger partial charge in [-0.3, -0.25) is 4.79 Å². The van der Waals surface area contributed by atoms with Gasteiger partial charge in [-0.1, -0.05) is 11.2 Å². The predicted molar refractivity (Wildman–Crippen MR) is 75.1 cm³/mol. The Labute approximate surface area is 122 Å². The summed E-state index contributed by atoms with van der Waals surface area (Å²) in [5.74, 6) is 0.682. The van der Waals surface area contributed by atoms with Crippen molar-refractivity contribution in [2.45, 2.75) is 32.2 Å². The molecule has 3 rings (SSSR count). The van der Waals surface area contributed by atoms with E-state index in [1.807, 2.05) is 6.07 Å². The van der Waals surface area contributed by atoms with Gasteiger partial charge in [0.2, 0.25) is 11.6 Å². The first-order valence-corrected chi connectivity index (χ1v) is 7.02. The number of carbonyl (C=O) groups is 1. The smallest absolute Gasteiger partial charge is 0.290 e. The second kappa shape index (κ2) is 5.95. The summed E-state index contributed by atoms with van der Waals surface area (Å²) in [6.07, 6.45) is 5.63. The van der Waals surface area contributed by atoms with Crippen LogP contribution in [0.1, 0.15) is 40.2 Å². The lowest BCUT2D eigenvalue weighted by Gasteiger charge is -2.09. The predicted octanol–water partition coefficient (Wildman–Crippen LogP) is 1.89. The molecule has 0 spiro atoms. The average Bonchev–Trinajstić information content (AvgIpc) is 2.97. The largest absolute Gasteiger partial charge is 0.481 e. The van der Waals surface area contributed by atoms with Crippen LogP contribution >= 0.6 is 0 Å². The number of amides is 1. The van der Waals surface area contributed by atoms with Crippen molar-refractivity contribution in [3.8, 4) is 5.88 Å². The Morgan fingerprint density at radius 2 is 2.24 bits per heavy atom. The molecule has 1 aliphatic rings. The van der Waals surface area contributed by atoms with Crippen LogP contribution in [0.3, 0.4) is 0 Å². The molecular formula is C15H17N3O3. The molecule has 0 radical (unpaired) electrons. The number of fused-ring (bicyclic) bond motifs is 1. The topological polar surface area (TPSA) is 77.2 Å². The quantitative estimate of drug-likeness (QED) is 0.929. The van der Waals surface area contributed by atoms with Crippen LogP contribution < -0.4 is 10.1 Å². The van der Waals surface area contributed by atoms with Crippen LogP contribution in [0.15, 0.2) is 22.9 Å². The maximum Gasteiger partial charge on any atom is 0.290 e. The molecule has 0 saturated carbocycles. The standard InChI is InChI=1S/C15H17N3O3/c1-20-13-7-6-10(8-16-13)9-17-15(19)14-11-4-2-3-5-12(11)18-21-14/h6-8H,2-5,9H2,1H3,(H,17,19). The van der Waals surface area contributed by atoms with Gasteiger partial charge in [0.1, 0.15) is 0 Å². The maximum atomic E-state index is 12.2. The highest BCUT2D eigenvalue weighted by Gasteiger charge is 2.23. The van der Waals surface area contributed by atoms with Crippen molar-refractivity contribution in [2.24, 2.45) is 0 Å². The summed E-state index contributed by atoms with van der Waals surface area (Å²) in [7, 11) is 1.57. The SMILES string of the molecule is COc1ccc(CNC(=O)c2onc3c2CCCC3)cn1. The van der Waals surface area contributed by atoms with Crippen LogP contribution in [0, 0.1) is 0 Å².